The van der Waals surface area contributed by atoms with Crippen molar-refractivity contribution >= 4 is 11.7 Å². The highest BCUT2D eigenvalue weighted by atomic mass is 19.4. The van der Waals surface area contributed by atoms with Crippen LogP contribution in [0.2, 0.25) is 0 Å². The number of nitrogens with one attached hydrogen (secondary N) is 1. The Morgan fingerprint density at radius 3 is 2.56 bits per heavy atom. The molecule has 2 aliphatic rings. The Hall–Kier alpha value is -1.90. The predicted octanol–water partition coefficient (Wildman–Crippen LogP) is 2.32. The van der Waals surface area contributed by atoms with Gasteiger partial charge in [0.1, 0.15) is 11.5 Å². The summed E-state index contributed by atoms with van der Waals surface area (Å²) in [6, 6.07) is 0. The summed E-state index contributed by atoms with van der Waals surface area (Å²) in [6.45, 7) is 2.28. The van der Waals surface area contributed by atoms with Crippen LogP contribution in [0.3, 0.4) is 0 Å². The standard InChI is InChI=1S/C18H25F3N4O2/c1-17(27,12-5-6-12)10-23-16(26)14-8-22-15(25(2)9-11-3-4-11)13(24-14)7-18(19,20)21/h8,11-12,27H,3-7,9-10H2,1-2H3,(H,23,26)/t17-/m0/s1. The summed E-state index contributed by atoms with van der Waals surface area (Å²) >= 11 is 0. The summed E-state index contributed by atoms with van der Waals surface area (Å²) in [7, 11) is 1.69. The Labute approximate surface area is 156 Å². The minimum Gasteiger partial charge on any atom is -0.388 e. The Morgan fingerprint density at radius 2 is 2.00 bits per heavy atom. The van der Waals surface area contributed by atoms with E-state index in [1.54, 1.807) is 18.9 Å². The van der Waals surface area contributed by atoms with Crippen LogP contribution >= 0.6 is 0 Å². The van der Waals surface area contributed by atoms with Gasteiger partial charge in [0.15, 0.2) is 0 Å². The molecular weight excluding hydrogens is 361 g/mol. The van der Waals surface area contributed by atoms with Gasteiger partial charge in [0.25, 0.3) is 5.91 Å². The number of rotatable bonds is 8. The van der Waals surface area contributed by atoms with Crippen LogP contribution in [-0.2, 0) is 6.42 Å². The molecule has 3 rings (SSSR count). The quantitative estimate of drug-likeness (QED) is 0.717. The van der Waals surface area contributed by atoms with Crippen LogP contribution in [0.5, 0.6) is 0 Å². The van der Waals surface area contributed by atoms with Crippen LogP contribution in [-0.4, -0.2) is 52.9 Å². The smallest absolute Gasteiger partial charge is 0.388 e. The van der Waals surface area contributed by atoms with Crippen molar-refractivity contribution in [3.63, 3.8) is 0 Å². The van der Waals surface area contributed by atoms with Gasteiger partial charge in [0.05, 0.1) is 23.9 Å². The molecule has 1 aromatic rings. The topological polar surface area (TPSA) is 78.4 Å². The third-order valence-corrected chi connectivity index (χ3v) is 5.08. The summed E-state index contributed by atoms with van der Waals surface area (Å²) < 4.78 is 38.9. The number of aliphatic hydroxyl groups is 1. The average molecular weight is 386 g/mol. The van der Waals surface area contributed by atoms with Crippen molar-refractivity contribution < 1.29 is 23.1 Å². The summed E-state index contributed by atoms with van der Waals surface area (Å²) in [5, 5.41) is 12.8. The molecule has 0 saturated heterocycles. The van der Waals surface area contributed by atoms with Crippen molar-refractivity contribution in [2.45, 2.75) is 50.8 Å². The highest BCUT2D eigenvalue weighted by Crippen LogP contribution is 2.39. The first-order valence-electron chi connectivity index (χ1n) is 9.19. The van der Waals surface area contributed by atoms with E-state index in [4.69, 9.17) is 0 Å². The van der Waals surface area contributed by atoms with E-state index in [0.29, 0.717) is 12.5 Å². The molecule has 0 radical (unpaired) electrons. The van der Waals surface area contributed by atoms with Crippen molar-refractivity contribution in [3.05, 3.63) is 17.6 Å². The number of hydrogen-bond donors (Lipinski definition) is 2. The van der Waals surface area contributed by atoms with Crippen LogP contribution in [0.15, 0.2) is 6.20 Å². The molecular formula is C18H25F3N4O2. The van der Waals surface area contributed by atoms with Gasteiger partial charge in [-0.2, -0.15) is 13.2 Å². The predicted molar refractivity (Wildman–Crippen MR) is 93.5 cm³/mol. The van der Waals surface area contributed by atoms with E-state index >= 15 is 0 Å². The van der Waals surface area contributed by atoms with Crippen molar-refractivity contribution in [2.75, 3.05) is 25.0 Å². The lowest BCUT2D eigenvalue weighted by molar-refractivity contribution is -0.127. The normalized spacial score (nSPS) is 19.5. The summed E-state index contributed by atoms with van der Waals surface area (Å²) in [4.78, 5) is 22.0. The molecule has 1 atom stereocenters. The lowest BCUT2D eigenvalue weighted by Gasteiger charge is -2.23. The van der Waals surface area contributed by atoms with Crippen molar-refractivity contribution in [2.24, 2.45) is 11.8 Å². The SMILES string of the molecule is CN(CC1CC1)c1ncc(C(=O)NC[C@](C)(O)C2CC2)nc1CC(F)(F)F. The zero-order valence-electron chi connectivity index (χ0n) is 15.5. The average Bonchev–Trinajstić information content (AvgIpc) is 3.43. The summed E-state index contributed by atoms with van der Waals surface area (Å²) in [5.74, 6) is 0.135. The molecule has 2 saturated carbocycles. The number of alkyl halides is 3. The van der Waals surface area contributed by atoms with Crippen molar-refractivity contribution in [3.8, 4) is 0 Å². The van der Waals surface area contributed by atoms with Crippen molar-refractivity contribution in [1.82, 2.24) is 15.3 Å². The largest absolute Gasteiger partial charge is 0.394 e. The Balaban J connectivity index is 1.74. The van der Waals surface area contributed by atoms with Gasteiger partial charge in [0, 0.05) is 20.1 Å². The highest BCUT2D eigenvalue weighted by molar-refractivity contribution is 5.92. The number of carbonyl (C=O) groups excluding carboxylic acids is 1. The number of amides is 1. The van der Waals surface area contributed by atoms with Gasteiger partial charge in [-0.15, -0.1) is 0 Å². The molecule has 1 heterocycles. The number of carbonyl (C=O) groups is 1. The molecule has 27 heavy (non-hydrogen) atoms. The Bertz CT molecular complexity index is 700. The molecule has 0 bridgehead atoms. The number of hydrogen-bond acceptors (Lipinski definition) is 5. The van der Waals surface area contributed by atoms with Crippen LogP contribution in [0.1, 0.15) is 48.8 Å². The van der Waals surface area contributed by atoms with E-state index in [-0.39, 0.29) is 29.7 Å². The zero-order chi connectivity index (χ0) is 19.8. The van der Waals surface area contributed by atoms with Gasteiger partial charge in [-0.1, -0.05) is 0 Å². The molecule has 0 unspecified atom stereocenters. The second-order valence-electron chi connectivity index (χ2n) is 7.96. The van der Waals surface area contributed by atoms with Crippen LogP contribution in [0.25, 0.3) is 0 Å². The lowest BCUT2D eigenvalue weighted by Crippen LogP contribution is -2.42. The Kier molecular flexibility index (Phi) is 5.33. The summed E-state index contributed by atoms with van der Waals surface area (Å²) in [5.41, 5.74) is -1.46. The van der Waals surface area contributed by atoms with Gasteiger partial charge in [0.2, 0.25) is 0 Å². The fourth-order valence-electron chi connectivity index (χ4n) is 3.13. The molecule has 0 spiro atoms. The number of aromatic nitrogens is 2. The van der Waals surface area contributed by atoms with Gasteiger partial charge >= 0.3 is 6.18 Å². The van der Waals surface area contributed by atoms with E-state index in [0.717, 1.165) is 25.7 Å². The molecule has 0 aliphatic heterocycles. The maximum absolute atomic E-state index is 13.0. The first-order chi connectivity index (χ1) is 12.5. The molecule has 6 nitrogen and oxygen atoms in total. The van der Waals surface area contributed by atoms with E-state index in [2.05, 4.69) is 15.3 Å². The van der Waals surface area contributed by atoms with E-state index < -0.39 is 24.1 Å². The third-order valence-electron chi connectivity index (χ3n) is 5.08. The fraction of sp³-hybridized carbons (Fsp3) is 0.722. The Morgan fingerprint density at radius 1 is 1.33 bits per heavy atom. The van der Waals surface area contributed by atoms with Gasteiger partial charge in [-0.05, 0) is 44.4 Å². The molecule has 0 aromatic carbocycles. The molecule has 2 N–H and O–H groups in total. The second-order valence-corrected chi connectivity index (χ2v) is 7.96. The minimum absolute atomic E-state index is 0.0239. The lowest BCUT2D eigenvalue weighted by atomic mass is 10.0. The van der Waals surface area contributed by atoms with Gasteiger partial charge in [-0.25, -0.2) is 9.97 Å². The zero-order valence-corrected chi connectivity index (χ0v) is 15.5. The fourth-order valence-corrected chi connectivity index (χ4v) is 3.13. The molecule has 2 fully saturated rings. The molecule has 1 aromatic heterocycles. The first kappa shape index (κ1) is 19.9. The maximum Gasteiger partial charge on any atom is 0.394 e. The number of nitrogens with zero attached hydrogens (tertiary/aromatic N) is 3. The van der Waals surface area contributed by atoms with Crippen molar-refractivity contribution in [1.29, 1.82) is 0 Å². The van der Waals surface area contributed by atoms with E-state index in [1.165, 1.54) is 6.20 Å². The summed E-state index contributed by atoms with van der Waals surface area (Å²) in [6.07, 6.45) is -0.567. The molecule has 1 amide bonds. The minimum atomic E-state index is -4.45. The van der Waals surface area contributed by atoms with Gasteiger partial charge < -0.3 is 15.3 Å². The molecule has 150 valence electrons. The third kappa shape index (κ3) is 5.54. The van der Waals surface area contributed by atoms with E-state index in [1.807, 2.05) is 0 Å². The molecule has 9 heteroatoms. The van der Waals surface area contributed by atoms with Crippen LogP contribution in [0, 0.1) is 11.8 Å². The van der Waals surface area contributed by atoms with Crippen LogP contribution < -0.4 is 10.2 Å². The first-order valence-corrected chi connectivity index (χ1v) is 9.19. The van der Waals surface area contributed by atoms with Crippen LogP contribution in [0.4, 0.5) is 19.0 Å². The monoisotopic (exact) mass is 386 g/mol. The number of halogens is 3. The molecule has 2 aliphatic carbocycles. The maximum atomic E-state index is 13.0. The van der Waals surface area contributed by atoms with Gasteiger partial charge in [-0.3, -0.25) is 4.79 Å². The number of anilines is 1. The van der Waals surface area contributed by atoms with E-state index in [9.17, 15) is 23.1 Å². The second kappa shape index (κ2) is 7.26. The highest BCUT2D eigenvalue weighted by Gasteiger charge is 2.40.